The zero-order valence-corrected chi connectivity index (χ0v) is 13.9. The van der Waals surface area contributed by atoms with Crippen LogP contribution in [0.25, 0.3) is 0 Å². The summed E-state index contributed by atoms with van der Waals surface area (Å²) in [7, 11) is 0. The maximum absolute atomic E-state index is 9.53. The second kappa shape index (κ2) is 9.84. The lowest BCUT2D eigenvalue weighted by molar-refractivity contribution is -0.651. The lowest BCUT2D eigenvalue weighted by Gasteiger charge is -2.18. The molecule has 1 aromatic rings. The average Bonchev–Trinajstić information content (AvgIpc) is 2.82. The first kappa shape index (κ1) is 19.0. The molecular weight excluding hydrogens is 296 g/mol. The van der Waals surface area contributed by atoms with Gasteiger partial charge in [0.1, 0.15) is 0 Å². The number of nitrogens with zero attached hydrogens (tertiary/aromatic N) is 1. The molecule has 0 atom stereocenters. The van der Waals surface area contributed by atoms with Crippen LogP contribution in [-0.2, 0) is 29.0 Å². The van der Waals surface area contributed by atoms with Crippen LogP contribution >= 0.6 is 0 Å². The van der Waals surface area contributed by atoms with Crippen LogP contribution in [0.4, 0.5) is 0 Å². The number of rotatable bonds is 6. The van der Waals surface area contributed by atoms with E-state index in [9.17, 15) is 14.7 Å². The van der Waals surface area contributed by atoms with Gasteiger partial charge < -0.3 is 24.9 Å². The first-order valence-electron chi connectivity index (χ1n) is 8.07. The Morgan fingerprint density at radius 2 is 2.13 bits per heavy atom. The van der Waals surface area contributed by atoms with Crippen LogP contribution in [0, 0.1) is 6.92 Å². The predicted molar refractivity (Wildman–Crippen MR) is 84.9 cm³/mol. The van der Waals surface area contributed by atoms with E-state index in [1.54, 1.807) is 11.4 Å². The number of carboxylic acids is 2. The van der Waals surface area contributed by atoms with Crippen LogP contribution in [0.2, 0.25) is 0 Å². The SMILES string of the molecule is CC[NH2+]CCc1c(C)cc2n1CCCC2.O=C([O-])/C=C\C(=O)O. The monoisotopic (exact) mass is 322 g/mol. The van der Waals surface area contributed by atoms with Crippen molar-refractivity contribution in [2.75, 3.05) is 13.1 Å². The van der Waals surface area contributed by atoms with Crippen LogP contribution in [0.15, 0.2) is 18.2 Å². The van der Waals surface area contributed by atoms with Gasteiger partial charge in [0.25, 0.3) is 0 Å². The van der Waals surface area contributed by atoms with Crippen molar-refractivity contribution in [3.63, 3.8) is 0 Å². The number of aryl methyl sites for hydroxylation is 2. The van der Waals surface area contributed by atoms with Gasteiger partial charge >= 0.3 is 5.97 Å². The molecule has 6 heteroatoms. The topological polar surface area (TPSA) is 99.0 Å². The Kier molecular flexibility index (Phi) is 8.11. The second-order valence-electron chi connectivity index (χ2n) is 5.60. The number of carbonyl (C=O) groups excluding carboxylic acids is 1. The van der Waals surface area contributed by atoms with Crippen LogP contribution in [0.1, 0.15) is 36.7 Å². The highest BCUT2D eigenvalue weighted by molar-refractivity contribution is 5.88. The molecule has 1 aliphatic heterocycles. The van der Waals surface area contributed by atoms with E-state index in [0.717, 1.165) is 0 Å². The van der Waals surface area contributed by atoms with Gasteiger partial charge in [0.15, 0.2) is 0 Å². The summed E-state index contributed by atoms with van der Waals surface area (Å²) in [5, 5.41) is 19.6. The lowest BCUT2D eigenvalue weighted by atomic mass is 10.1. The van der Waals surface area contributed by atoms with E-state index in [4.69, 9.17) is 5.11 Å². The molecule has 23 heavy (non-hydrogen) atoms. The normalized spacial score (nSPS) is 13.3. The summed E-state index contributed by atoms with van der Waals surface area (Å²) in [6, 6.07) is 2.40. The molecule has 0 spiro atoms. The fourth-order valence-corrected chi connectivity index (χ4v) is 2.77. The van der Waals surface area contributed by atoms with Crippen molar-refractivity contribution in [2.24, 2.45) is 0 Å². The number of carboxylic acid groups (broad SMARTS) is 2. The molecule has 0 unspecified atom stereocenters. The molecule has 0 radical (unpaired) electrons. The van der Waals surface area contributed by atoms with Gasteiger partial charge in [-0.3, -0.25) is 0 Å². The van der Waals surface area contributed by atoms with Gasteiger partial charge in [-0.1, -0.05) is 0 Å². The number of likely N-dealkylation sites (N-methyl/N-ethyl adjacent to an activating group) is 1. The van der Waals surface area contributed by atoms with Crippen LogP contribution in [0.5, 0.6) is 0 Å². The van der Waals surface area contributed by atoms with Crippen molar-refractivity contribution in [3.8, 4) is 0 Å². The van der Waals surface area contributed by atoms with Crippen molar-refractivity contribution < 1.29 is 25.1 Å². The number of carbonyl (C=O) groups is 2. The molecule has 2 heterocycles. The van der Waals surface area contributed by atoms with Crippen LogP contribution < -0.4 is 10.4 Å². The molecule has 3 N–H and O–H groups in total. The number of aliphatic carboxylic acids is 2. The molecule has 1 aromatic heterocycles. The molecule has 6 nitrogen and oxygen atoms in total. The maximum atomic E-state index is 9.53. The Morgan fingerprint density at radius 1 is 1.39 bits per heavy atom. The van der Waals surface area contributed by atoms with E-state index >= 15 is 0 Å². The lowest BCUT2D eigenvalue weighted by Crippen LogP contribution is -2.84. The molecular formula is C17H26N2O4. The van der Waals surface area contributed by atoms with Gasteiger partial charge in [-0.25, -0.2) is 4.79 Å². The maximum Gasteiger partial charge on any atom is 0.328 e. The quantitative estimate of drug-likeness (QED) is 0.552. The zero-order chi connectivity index (χ0) is 17.2. The molecule has 0 saturated carbocycles. The fraction of sp³-hybridized carbons (Fsp3) is 0.529. The first-order chi connectivity index (χ1) is 11.0. The largest absolute Gasteiger partial charge is 0.545 e. The fourth-order valence-electron chi connectivity index (χ4n) is 2.77. The molecule has 0 fully saturated rings. The van der Waals surface area contributed by atoms with E-state index in [0.29, 0.717) is 12.2 Å². The highest BCUT2D eigenvalue weighted by Gasteiger charge is 2.15. The smallest absolute Gasteiger partial charge is 0.328 e. The minimum atomic E-state index is -1.51. The standard InChI is InChI=1S/C13H22N2.C4H4O4/c1-3-14-8-7-13-11(2)10-12-6-4-5-9-15(12)13;5-3(6)1-2-4(7)8/h10,14H,3-9H2,1-2H3;1-2H,(H,5,6)(H,7,8)/b;2-1-. The van der Waals surface area contributed by atoms with Crippen LogP contribution in [-0.4, -0.2) is 34.7 Å². The van der Waals surface area contributed by atoms with E-state index in [1.807, 2.05) is 0 Å². The molecule has 0 saturated heterocycles. The number of aromatic nitrogens is 1. The highest BCUT2D eigenvalue weighted by atomic mass is 16.4. The van der Waals surface area contributed by atoms with Gasteiger partial charge in [-0.2, -0.15) is 0 Å². The summed E-state index contributed by atoms with van der Waals surface area (Å²) in [5.41, 5.74) is 4.68. The van der Waals surface area contributed by atoms with Crippen molar-refractivity contribution in [1.29, 1.82) is 0 Å². The van der Waals surface area contributed by atoms with E-state index in [2.05, 4.69) is 29.8 Å². The van der Waals surface area contributed by atoms with Crippen molar-refractivity contribution >= 4 is 11.9 Å². The van der Waals surface area contributed by atoms with Gasteiger partial charge in [-0.15, -0.1) is 0 Å². The average molecular weight is 322 g/mol. The summed E-state index contributed by atoms with van der Waals surface area (Å²) in [5.74, 6) is -2.80. The Labute approximate surface area is 136 Å². The number of nitrogens with two attached hydrogens (primary N) is 1. The third kappa shape index (κ3) is 6.69. The minimum Gasteiger partial charge on any atom is -0.545 e. The molecule has 0 aromatic carbocycles. The summed E-state index contributed by atoms with van der Waals surface area (Å²) in [4.78, 5) is 19.0. The zero-order valence-electron chi connectivity index (χ0n) is 13.9. The van der Waals surface area contributed by atoms with Gasteiger partial charge in [-0.05, 0) is 50.8 Å². The summed E-state index contributed by atoms with van der Waals surface area (Å²) in [6.45, 7) is 8.19. The summed E-state index contributed by atoms with van der Waals surface area (Å²) >= 11 is 0. The Hall–Kier alpha value is -2.08. The van der Waals surface area contributed by atoms with E-state index < -0.39 is 11.9 Å². The second-order valence-corrected chi connectivity index (χ2v) is 5.60. The third-order valence-corrected chi connectivity index (χ3v) is 3.81. The molecule has 0 bridgehead atoms. The first-order valence-corrected chi connectivity index (χ1v) is 8.07. The Balaban J connectivity index is 0.000000284. The molecule has 1 aliphatic rings. The number of fused-ring (bicyclic) bond motifs is 1. The van der Waals surface area contributed by atoms with E-state index in [1.165, 1.54) is 50.9 Å². The molecule has 0 amide bonds. The van der Waals surface area contributed by atoms with Crippen molar-refractivity contribution in [2.45, 2.75) is 46.1 Å². The van der Waals surface area contributed by atoms with Crippen molar-refractivity contribution in [1.82, 2.24) is 4.57 Å². The number of hydrogen-bond donors (Lipinski definition) is 2. The van der Waals surface area contributed by atoms with Gasteiger partial charge in [0.2, 0.25) is 0 Å². The Bertz CT molecular complexity index is 545. The number of hydrogen-bond acceptors (Lipinski definition) is 3. The minimum absolute atomic E-state index is 0.447. The van der Waals surface area contributed by atoms with Crippen LogP contribution in [0.3, 0.4) is 0 Å². The molecule has 128 valence electrons. The summed E-state index contributed by atoms with van der Waals surface area (Å²) in [6.07, 6.45) is 6.21. The van der Waals surface area contributed by atoms with Gasteiger partial charge in [0.05, 0.1) is 19.1 Å². The number of quaternary nitrogens is 1. The summed E-state index contributed by atoms with van der Waals surface area (Å²) < 4.78 is 2.57. The predicted octanol–water partition coefficient (Wildman–Crippen LogP) is -0.364. The Morgan fingerprint density at radius 3 is 2.70 bits per heavy atom. The van der Waals surface area contributed by atoms with E-state index in [-0.39, 0.29) is 0 Å². The third-order valence-electron chi connectivity index (χ3n) is 3.81. The van der Waals surface area contributed by atoms with Gasteiger partial charge in [0, 0.05) is 30.4 Å². The highest BCUT2D eigenvalue weighted by Crippen LogP contribution is 2.22. The van der Waals surface area contributed by atoms with Crippen molar-refractivity contribution in [3.05, 3.63) is 35.2 Å². The molecule has 2 rings (SSSR count). The molecule has 0 aliphatic carbocycles.